The zero-order valence-electron chi connectivity index (χ0n) is 9.72. The van der Waals surface area contributed by atoms with Gasteiger partial charge in [0.05, 0.1) is 18.5 Å². The molecule has 1 amide bonds. The molecule has 0 saturated heterocycles. The lowest BCUT2D eigenvalue weighted by Crippen LogP contribution is -2.34. The van der Waals surface area contributed by atoms with Gasteiger partial charge in [-0.25, -0.2) is 0 Å². The molecule has 1 aromatic rings. The van der Waals surface area contributed by atoms with Gasteiger partial charge in [-0.1, -0.05) is 18.2 Å². The third-order valence-electron chi connectivity index (χ3n) is 2.20. The summed E-state index contributed by atoms with van der Waals surface area (Å²) < 4.78 is 0. The molecule has 1 aromatic carbocycles. The van der Waals surface area contributed by atoms with Crippen LogP contribution in [0.4, 0.5) is 0 Å². The molecule has 0 aliphatic carbocycles. The molecule has 0 aliphatic rings. The number of amides is 1. The molecule has 0 aliphatic heterocycles. The number of rotatable bonds is 6. The summed E-state index contributed by atoms with van der Waals surface area (Å²) in [5.74, 6) is 0.161. The van der Waals surface area contributed by atoms with E-state index in [0.29, 0.717) is 5.75 Å². The van der Waals surface area contributed by atoms with E-state index in [1.54, 1.807) is 0 Å². The van der Waals surface area contributed by atoms with E-state index in [1.165, 1.54) is 11.8 Å². The Hall–Kier alpha value is -1.04. The van der Waals surface area contributed by atoms with Crippen molar-refractivity contribution in [2.45, 2.75) is 17.9 Å². The number of aliphatic hydroxyl groups is 2. The maximum Gasteiger partial charge on any atom is 0.230 e. The molecule has 0 aromatic heterocycles. The SMILES string of the molecule is Cc1ccccc1SCC(=O)NCC(O)CO. The number of aryl methyl sites for hydroxylation is 1. The van der Waals surface area contributed by atoms with Gasteiger partial charge in [0.1, 0.15) is 0 Å². The number of hydrogen-bond acceptors (Lipinski definition) is 4. The predicted molar refractivity (Wildman–Crippen MR) is 68.0 cm³/mol. The first-order valence-corrected chi connectivity index (χ1v) is 6.36. The van der Waals surface area contributed by atoms with Crippen LogP contribution >= 0.6 is 11.8 Å². The van der Waals surface area contributed by atoms with Crippen molar-refractivity contribution in [3.05, 3.63) is 29.8 Å². The van der Waals surface area contributed by atoms with Crippen molar-refractivity contribution in [1.82, 2.24) is 5.32 Å². The van der Waals surface area contributed by atoms with Crippen LogP contribution in [0.5, 0.6) is 0 Å². The van der Waals surface area contributed by atoms with E-state index in [4.69, 9.17) is 10.2 Å². The fourth-order valence-corrected chi connectivity index (χ4v) is 2.07. The monoisotopic (exact) mass is 255 g/mol. The summed E-state index contributed by atoms with van der Waals surface area (Å²) in [5, 5.41) is 20.2. The molecular formula is C12H17NO3S. The lowest BCUT2D eigenvalue weighted by Gasteiger charge is -2.09. The Balaban J connectivity index is 2.31. The molecular weight excluding hydrogens is 238 g/mol. The molecule has 4 nitrogen and oxygen atoms in total. The molecule has 1 rings (SSSR count). The topological polar surface area (TPSA) is 69.6 Å². The predicted octanol–water partition coefficient (Wildman–Crippen LogP) is 0.557. The molecule has 94 valence electrons. The van der Waals surface area contributed by atoms with Crippen LogP contribution in [0.25, 0.3) is 0 Å². The van der Waals surface area contributed by atoms with Crippen molar-refractivity contribution < 1.29 is 15.0 Å². The molecule has 1 atom stereocenters. The summed E-state index contributed by atoms with van der Waals surface area (Å²) >= 11 is 1.46. The highest BCUT2D eigenvalue weighted by Crippen LogP contribution is 2.21. The lowest BCUT2D eigenvalue weighted by atomic mass is 10.2. The maximum absolute atomic E-state index is 11.4. The number of nitrogens with one attached hydrogen (secondary N) is 1. The van der Waals surface area contributed by atoms with Crippen LogP contribution in [0.3, 0.4) is 0 Å². The minimum absolute atomic E-state index is 0.0870. The fourth-order valence-electron chi connectivity index (χ4n) is 1.21. The molecule has 17 heavy (non-hydrogen) atoms. The highest BCUT2D eigenvalue weighted by molar-refractivity contribution is 8.00. The van der Waals surface area contributed by atoms with Crippen LogP contribution in [0.15, 0.2) is 29.2 Å². The van der Waals surface area contributed by atoms with Crippen molar-refractivity contribution in [1.29, 1.82) is 0 Å². The molecule has 0 heterocycles. The average molecular weight is 255 g/mol. The third kappa shape index (κ3) is 5.21. The van der Waals surface area contributed by atoms with Gasteiger partial charge in [-0.05, 0) is 18.6 Å². The van der Waals surface area contributed by atoms with E-state index < -0.39 is 6.10 Å². The van der Waals surface area contributed by atoms with Crippen LogP contribution in [0, 0.1) is 6.92 Å². The summed E-state index contributed by atoms with van der Waals surface area (Å²) in [7, 11) is 0. The number of aliphatic hydroxyl groups excluding tert-OH is 2. The van der Waals surface area contributed by atoms with Crippen LogP contribution in [0.1, 0.15) is 5.56 Å². The van der Waals surface area contributed by atoms with E-state index in [-0.39, 0.29) is 19.1 Å². The van der Waals surface area contributed by atoms with Gasteiger partial charge in [0, 0.05) is 11.4 Å². The summed E-state index contributed by atoms with van der Waals surface area (Å²) in [6.07, 6.45) is -0.887. The van der Waals surface area contributed by atoms with Crippen LogP contribution in [0.2, 0.25) is 0 Å². The zero-order valence-corrected chi connectivity index (χ0v) is 10.5. The number of hydrogen-bond donors (Lipinski definition) is 3. The molecule has 0 fully saturated rings. The lowest BCUT2D eigenvalue weighted by molar-refractivity contribution is -0.119. The van der Waals surface area contributed by atoms with E-state index in [1.807, 2.05) is 31.2 Å². The molecule has 3 N–H and O–H groups in total. The summed E-state index contributed by atoms with van der Waals surface area (Å²) in [6.45, 7) is 1.74. The zero-order chi connectivity index (χ0) is 12.7. The minimum atomic E-state index is -0.887. The molecule has 5 heteroatoms. The number of carbonyl (C=O) groups is 1. The first-order chi connectivity index (χ1) is 8.13. The van der Waals surface area contributed by atoms with Gasteiger partial charge in [-0.3, -0.25) is 4.79 Å². The number of carbonyl (C=O) groups excluding carboxylic acids is 1. The second-order valence-electron chi connectivity index (χ2n) is 3.69. The van der Waals surface area contributed by atoms with Gasteiger partial charge in [-0.15, -0.1) is 11.8 Å². The third-order valence-corrected chi connectivity index (χ3v) is 3.37. The molecule has 1 unspecified atom stereocenters. The van der Waals surface area contributed by atoms with Crippen LogP contribution in [-0.4, -0.2) is 41.1 Å². The maximum atomic E-state index is 11.4. The summed E-state index contributed by atoms with van der Waals surface area (Å²) in [5.41, 5.74) is 1.14. The van der Waals surface area contributed by atoms with Gasteiger partial charge >= 0.3 is 0 Å². The second kappa shape index (κ2) is 7.32. The van der Waals surface area contributed by atoms with Gasteiger partial charge in [0.25, 0.3) is 0 Å². The Labute approximate surface area is 105 Å². The highest BCUT2D eigenvalue weighted by atomic mass is 32.2. The van der Waals surface area contributed by atoms with Crippen molar-refractivity contribution in [2.24, 2.45) is 0 Å². The first-order valence-electron chi connectivity index (χ1n) is 5.37. The van der Waals surface area contributed by atoms with Gasteiger partial charge in [0.15, 0.2) is 0 Å². The Kier molecular flexibility index (Phi) is 6.04. The van der Waals surface area contributed by atoms with Crippen LogP contribution in [-0.2, 0) is 4.79 Å². The molecule has 0 bridgehead atoms. The summed E-state index contributed by atoms with van der Waals surface area (Å²) in [6, 6.07) is 7.85. The Morgan fingerprint density at radius 2 is 2.18 bits per heavy atom. The van der Waals surface area contributed by atoms with Crippen molar-refractivity contribution in [3.8, 4) is 0 Å². The van der Waals surface area contributed by atoms with E-state index in [0.717, 1.165) is 10.5 Å². The number of benzene rings is 1. The Morgan fingerprint density at radius 3 is 2.82 bits per heavy atom. The summed E-state index contributed by atoms with van der Waals surface area (Å²) in [4.78, 5) is 12.5. The average Bonchev–Trinajstić information content (AvgIpc) is 2.35. The molecule has 0 saturated carbocycles. The van der Waals surface area contributed by atoms with Crippen LogP contribution < -0.4 is 5.32 Å². The normalized spacial score (nSPS) is 12.2. The standard InChI is InChI=1S/C12H17NO3S/c1-9-4-2-3-5-11(9)17-8-12(16)13-6-10(15)7-14/h2-5,10,14-15H,6-8H2,1H3,(H,13,16). The van der Waals surface area contributed by atoms with Gasteiger partial charge in [-0.2, -0.15) is 0 Å². The van der Waals surface area contributed by atoms with E-state index >= 15 is 0 Å². The fraction of sp³-hybridized carbons (Fsp3) is 0.417. The molecule has 0 radical (unpaired) electrons. The van der Waals surface area contributed by atoms with Gasteiger partial charge in [0.2, 0.25) is 5.91 Å². The van der Waals surface area contributed by atoms with E-state index in [9.17, 15) is 4.79 Å². The highest BCUT2D eigenvalue weighted by Gasteiger charge is 2.07. The van der Waals surface area contributed by atoms with Crippen molar-refractivity contribution >= 4 is 17.7 Å². The van der Waals surface area contributed by atoms with Crippen molar-refractivity contribution in [2.75, 3.05) is 18.9 Å². The largest absolute Gasteiger partial charge is 0.394 e. The second-order valence-corrected chi connectivity index (χ2v) is 4.71. The Morgan fingerprint density at radius 1 is 1.47 bits per heavy atom. The van der Waals surface area contributed by atoms with Crippen molar-refractivity contribution in [3.63, 3.8) is 0 Å². The smallest absolute Gasteiger partial charge is 0.230 e. The number of thioether (sulfide) groups is 1. The molecule has 0 spiro atoms. The minimum Gasteiger partial charge on any atom is -0.394 e. The first kappa shape index (κ1) is 14.0. The van der Waals surface area contributed by atoms with E-state index in [2.05, 4.69) is 5.32 Å². The quantitative estimate of drug-likeness (QED) is 0.650. The Bertz CT molecular complexity index is 371. The van der Waals surface area contributed by atoms with Gasteiger partial charge < -0.3 is 15.5 Å².